The Morgan fingerprint density at radius 1 is 1.25 bits per heavy atom. The van der Waals surface area contributed by atoms with Crippen LogP contribution in [0, 0.1) is 0 Å². The largest absolute Gasteiger partial charge is 0.240 e. The molecule has 0 atom stereocenters. The predicted octanol–water partition coefficient (Wildman–Crippen LogP) is 4.45. The van der Waals surface area contributed by atoms with E-state index in [1.54, 1.807) is 11.3 Å². The molecule has 0 aliphatic carbocycles. The lowest BCUT2D eigenvalue weighted by molar-refractivity contribution is 1.10. The molecule has 0 radical (unpaired) electrons. The Balaban J connectivity index is 2.08. The fraction of sp³-hybridized carbons (Fsp3) is 0.308. The van der Waals surface area contributed by atoms with Gasteiger partial charge in [0, 0.05) is 16.7 Å². The van der Waals surface area contributed by atoms with E-state index in [4.69, 9.17) is 0 Å². The Hall–Kier alpha value is -0.800. The highest BCUT2D eigenvalue weighted by atomic mass is 32.2. The van der Waals surface area contributed by atoms with Gasteiger partial charge in [0.15, 0.2) is 0 Å². The molecular weight excluding hydrogens is 234 g/mol. The monoisotopic (exact) mass is 249 g/mol. The summed E-state index contributed by atoms with van der Waals surface area (Å²) >= 11 is 3.67. The summed E-state index contributed by atoms with van der Waals surface area (Å²) in [6.45, 7) is 4.43. The van der Waals surface area contributed by atoms with Gasteiger partial charge < -0.3 is 0 Å². The Morgan fingerprint density at radius 2 is 2.00 bits per heavy atom. The van der Waals surface area contributed by atoms with Gasteiger partial charge in [-0.25, -0.2) is 4.98 Å². The normalized spacial score (nSPS) is 10.9. The molecule has 1 aromatic heterocycles. The Morgan fingerprint density at radius 3 is 2.69 bits per heavy atom. The molecule has 0 N–H and O–H groups in total. The van der Waals surface area contributed by atoms with Gasteiger partial charge in [-0.2, -0.15) is 11.8 Å². The summed E-state index contributed by atoms with van der Waals surface area (Å²) in [5.41, 5.74) is 2.41. The lowest BCUT2D eigenvalue weighted by Crippen LogP contribution is -1.89. The Kier molecular flexibility index (Phi) is 4.02. The SMILES string of the molecule is CC(C)SCc1csc(-c2ccccc2)n1. The van der Waals surface area contributed by atoms with Crippen molar-refractivity contribution < 1.29 is 0 Å². The number of thioether (sulfide) groups is 1. The van der Waals surface area contributed by atoms with Gasteiger partial charge in [0.25, 0.3) is 0 Å². The van der Waals surface area contributed by atoms with Crippen molar-refractivity contribution in [2.75, 3.05) is 0 Å². The van der Waals surface area contributed by atoms with Crippen molar-refractivity contribution in [3.8, 4) is 10.6 Å². The van der Waals surface area contributed by atoms with Crippen molar-refractivity contribution in [1.82, 2.24) is 4.98 Å². The number of hydrogen-bond donors (Lipinski definition) is 0. The molecule has 0 aliphatic rings. The van der Waals surface area contributed by atoms with Crippen molar-refractivity contribution in [1.29, 1.82) is 0 Å². The van der Waals surface area contributed by atoms with Crippen LogP contribution in [0.3, 0.4) is 0 Å². The van der Waals surface area contributed by atoms with Crippen LogP contribution in [0.15, 0.2) is 35.7 Å². The minimum absolute atomic E-state index is 0.668. The van der Waals surface area contributed by atoms with Crippen LogP contribution in [0.4, 0.5) is 0 Å². The highest BCUT2D eigenvalue weighted by Gasteiger charge is 2.04. The second-order valence-corrected chi connectivity index (χ2v) is 6.29. The topological polar surface area (TPSA) is 12.9 Å². The third kappa shape index (κ3) is 3.09. The second kappa shape index (κ2) is 5.51. The standard InChI is InChI=1S/C13H15NS2/c1-10(2)15-8-12-9-16-13(14-12)11-6-4-3-5-7-11/h3-7,9-10H,8H2,1-2H3. The Bertz CT molecular complexity index is 434. The van der Waals surface area contributed by atoms with Crippen LogP contribution >= 0.6 is 23.1 Å². The van der Waals surface area contributed by atoms with E-state index in [9.17, 15) is 0 Å². The van der Waals surface area contributed by atoms with Gasteiger partial charge in [0.1, 0.15) is 5.01 Å². The number of aromatic nitrogens is 1. The average molecular weight is 249 g/mol. The third-order valence-electron chi connectivity index (χ3n) is 2.14. The summed E-state index contributed by atoms with van der Waals surface area (Å²) in [6.07, 6.45) is 0. The lowest BCUT2D eigenvalue weighted by atomic mass is 10.2. The first-order valence-electron chi connectivity index (χ1n) is 5.37. The van der Waals surface area contributed by atoms with Crippen molar-refractivity contribution >= 4 is 23.1 Å². The van der Waals surface area contributed by atoms with Gasteiger partial charge in [0.2, 0.25) is 0 Å². The fourth-order valence-corrected chi connectivity index (χ4v) is 2.92. The summed E-state index contributed by atoms with van der Waals surface area (Å²) in [4.78, 5) is 4.65. The first-order valence-corrected chi connectivity index (χ1v) is 7.30. The maximum atomic E-state index is 4.65. The number of hydrogen-bond acceptors (Lipinski definition) is 3. The van der Waals surface area contributed by atoms with Gasteiger partial charge in [-0.05, 0) is 5.25 Å². The van der Waals surface area contributed by atoms with Crippen LogP contribution in [0.5, 0.6) is 0 Å². The molecule has 0 amide bonds. The third-order valence-corrected chi connectivity index (χ3v) is 4.21. The first-order chi connectivity index (χ1) is 7.75. The van der Waals surface area contributed by atoms with E-state index in [0.29, 0.717) is 5.25 Å². The predicted molar refractivity (Wildman–Crippen MR) is 74.0 cm³/mol. The van der Waals surface area contributed by atoms with Crippen LogP contribution in [-0.4, -0.2) is 10.2 Å². The molecule has 16 heavy (non-hydrogen) atoms. The van der Waals surface area contributed by atoms with Crippen LogP contribution in [0.25, 0.3) is 10.6 Å². The van der Waals surface area contributed by atoms with Gasteiger partial charge >= 0.3 is 0 Å². The lowest BCUT2D eigenvalue weighted by Gasteiger charge is -2.00. The molecule has 0 bridgehead atoms. The van der Waals surface area contributed by atoms with Gasteiger partial charge in [-0.3, -0.25) is 0 Å². The number of thiazole rings is 1. The summed E-state index contributed by atoms with van der Waals surface area (Å²) in [7, 11) is 0. The molecule has 0 spiro atoms. The molecule has 1 nitrogen and oxygen atoms in total. The summed E-state index contributed by atoms with van der Waals surface area (Å²) in [6, 6.07) is 10.4. The highest BCUT2D eigenvalue weighted by Crippen LogP contribution is 2.25. The van der Waals surface area contributed by atoms with Crippen LogP contribution in [0.2, 0.25) is 0 Å². The zero-order chi connectivity index (χ0) is 11.4. The highest BCUT2D eigenvalue weighted by molar-refractivity contribution is 7.99. The van der Waals surface area contributed by atoms with E-state index in [2.05, 4.69) is 48.5 Å². The number of benzene rings is 1. The minimum atomic E-state index is 0.668. The molecule has 0 fully saturated rings. The fourth-order valence-electron chi connectivity index (χ4n) is 1.34. The van der Waals surface area contributed by atoms with Crippen LogP contribution in [-0.2, 0) is 5.75 Å². The van der Waals surface area contributed by atoms with Crippen molar-refractivity contribution in [2.45, 2.75) is 24.9 Å². The molecule has 0 saturated heterocycles. The summed E-state index contributed by atoms with van der Waals surface area (Å²) in [5.74, 6) is 1.01. The van der Waals surface area contributed by atoms with Crippen LogP contribution < -0.4 is 0 Å². The number of rotatable bonds is 4. The van der Waals surface area contributed by atoms with E-state index in [1.807, 2.05) is 17.8 Å². The van der Waals surface area contributed by atoms with Crippen molar-refractivity contribution in [3.63, 3.8) is 0 Å². The maximum Gasteiger partial charge on any atom is 0.123 e. The zero-order valence-corrected chi connectivity index (χ0v) is 11.1. The van der Waals surface area contributed by atoms with Gasteiger partial charge in [-0.1, -0.05) is 44.2 Å². The molecule has 0 unspecified atom stereocenters. The van der Waals surface area contributed by atoms with E-state index in [0.717, 1.165) is 10.8 Å². The average Bonchev–Trinajstić information content (AvgIpc) is 2.76. The Labute approximate surface area is 105 Å². The molecule has 0 aliphatic heterocycles. The quantitative estimate of drug-likeness (QED) is 0.794. The van der Waals surface area contributed by atoms with E-state index in [-0.39, 0.29) is 0 Å². The van der Waals surface area contributed by atoms with Crippen molar-refractivity contribution in [3.05, 3.63) is 41.4 Å². The summed E-state index contributed by atoms with van der Waals surface area (Å²) < 4.78 is 0. The van der Waals surface area contributed by atoms with Gasteiger partial charge in [0.05, 0.1) is 5.69 Å². The van der Waals surface area contributed by atoms with Crippen molar-refractivity contribution in [2.24, 2.45) is 0 Å². The van der Waals surface area contributed by atoms with Gasteiger partial charge in [-0.15, -0.1) is 11.3 Å². The minimum Gasteiger partial charge on any atom is -0.240 e. The zero-order valence-electron chi connectivity index (χ0n) is 9.51. The van der Waals surface area contributed by atoms with E-state index >= 15 is 0 Å². The molecule has 2 aromatic rings. The molecule has 1 aromatic carbocycles. The molecule has 3 heteroatoms. The molecular formula is C13H15NS2. The second-order valence-electron chi connectivity index (χ2n) is 3.87. The molecule has 1 heterocycles. The molecule has 0 saturated carbocycles. The van der Waals surface area contributed by atoms with E-state index in [1.165, 1.54) is 11.3 Å². The van der Waals surface area contributed by atoms with Crippen LogP contribution in [0.1, 0.15) is 19.5 Å². The first kappa shape index (κ1) is 11.7. The number of nitrogens with zero attached hydrogens (tertiary/aromatic N) is 1. The summed E-state index contributed by atoms with van der Waals surface area (Å²) in [5, 5.41) is 3.96. The molecule has 2 rings (SSSR count). The smallest absolute Gasteiger partial charge is 0.123 e. The van der Waals surface area contributed by atoms with E-state index < -0.39 is 0 Å². The molecule has 84 valence electrons. The maximum absolute atomic E-state index is 4.65.